The first-order chi connectivity index (χ1) is 10.3. The molecule has 102 valence electrons. The summed E-state index contributed by atoms with van der Waals surface area (Å²) in [6.45, 7) is 3.24. The normalized spacial score (nSPS) is 12.6. The number of fused-ring (bicyclic) bond motifs is 3. The molecule has 0 aliphatic carbocycles. The number of benzene rings is 2. The molecule has 1 aliphatic heterocycles. The molecule has 0 saturated heterocycles. The molecule has 0 radical (unpaired) electrons. The summed E-state index contributed by atoms with van der Waals surface area (Å²) in [5, 5.41) is 0. The Hall–Kier alpha value is -2.41. The van der Waals surface area contributed by atoms with E-state index in [1.807, 2.05) is 0 Å². The lowest BCUT2D eigenvalue weighted by molar-refractivity contribution is -0.687. The molecule has 1 aromatic heterocycles. The van der Waals surface area contributed by atoms with Gasteiger partial charge in [0.15, 0.2) is 12.7 Å². The minimum Gasteiger partial charge on any atom is -0.198 e. The van der Waals surface area contributed by atoms with Gasteiger partial charge in [0.05, 0.1) is 5.56 Å². The number of aromatic nitrogens is 1. The number of pyridine rings is 1. The molecular weight excluding hydrogens is 254 g/mol. The van der Waals surface area contributed by atoms with Gasteiger partial charge in [0.25, 0.3) is 0 Å². The van der Waals surface area contributed by atoms with Crippen LogP contribution in [0.5, 0.6) is 0 Å². The van der Waals surface area contributed by atoms with Crippen molar-refractivity contribution in [2.45, 2.75) is 19.9 Å². The molecule has 0 spiro atoms. The van der Waals surface area contributed by atoms with Crippen LogP contribution in [0.1, 0.15) is 11.1 Å². The van der Waals surface area contributed by atoms with Crippen molar-refractivity contribution >= 4 is 0 Å². The second kappa shape index (κ2) is 4.85. The Bertz CT molecular complexity index is 803. The average molecular weight is 272 g/mol. The fourth-order valence-corrected chi connectivity index (χ4v) is 3.15. The summed E-state index contributed by atoms with van der Waals surface area (Å²) in [7, 11) is 0. The summed E-state index contributed by atoms with van der Waals surface area (Å²) in [6, 6.07) is 22.0. The van der Waals surface area contributed by atoms with Crippen LogP contribution in [-0.2, 0) is 13.0 Å². The van der Waals surface area contributed by atoms with Crippen molar-refractivity contribution in [2.24, 2.45) is 0 Å². The van der Waals surface area contributed by atoms with E-state index in [9.17, 15) is 0 Å². The third-order valence-electron chi connectivity index (χ3n) is 4.31. The van der Waals surface area contributed by atoms with Crippen LogP contribution in [0.4, 0.5) is 0 Å². The molecule has 1 nitrogen and oxygen atoms in total. The fraction of sp³-hybridized carbons (Fsp3) is 0.150. The van der Waals surface area contributed by atoms with Gasteiger partial charge in [0.2, 0.25) is 5.69 Å². The standard InChI is InChI=1S/C20H18N/c1-15-9-11-21-12-10-17-7-8-18(14-19(17)20(21)13-15)16-5-3-2-4-6-16/h2-9,11,13-14H,10,12H2,1H3/q+1. The summed E-state index contributed by atoms with van der Waals surface area (Å²) < 4.78 is 2.37. The van der Waals surface area contributed by atoms with Gasteiger partial charge in [0.1, 0.15) is 0 Å². The lowest BCUT2D eigenvalue weighted by Crippen LogP contribution is -2.39. The maximum absolute atomic E-state index is 2.37. The van der Waals surface area contributed by atoms with Gasteiger partial charge in [-0.2, -0.15) is 4.57 Å². The van der Waals surface area contributed by atoms with Crippen LogP contribution in [0.25, 0.3) is 22.4 Å². The van der Waals surface area contributed by atoms with Crippen LogP contribution in [-0.4, -0.2) is 0 Å². The van der Waals surface area contributed by atoms with Crippen molar-refractivity contribution in [2.75, 3.05) is 0 Å². The van der Waals surface area contributed by atoms with Gasteiger partial charge >= 0.3 is 0 Å². The number of nitrogens with zero attached hydrogens (tertiary/aromatic N) is 1. The van der Waals surface area contributed by atoms with Gasteiger partial charge in [0, 0.05) is 18.6 Å². The van der Waals surface area contributed by atoms with Crippen molar-refractivity contribution in [1.82, 2.24) is 0 Å². The van der Waals surface area contributed by atoms with E-state index in [0.29, 0.717) is 0 Å². The fourth-order valence-electron chi connectivity index (χ4n) is 3.15. The number of rotatable bonds is 1. The zero-order valence-electron chi connectivity index (χ0n) is 12.2. The SMILES string of the molecule is Cc1cc[n+]2c(c1)-c1cc(-c3ccccc3)ccc1CC2. The van der Waals surface area contributed by atoms with Crippen LogP contribution in [0.2, 0.25) is 0 Å². The topological polar surface area (TPSA) is 3.88 Å². The van der Waals surface area contributed by atoms with Crippen LogP contribution < -0.4 is 4.57 Å². The predicted molar refractivity (Wildman–Crippen MR) is 86.0 cm³/mol. The Labute approximate surface area is 125 Å². The molecule has 0 bridgehead atoms. The van der Waals surface area contributed by atoms with E-state index in [4.69, 9.17) is 0 Å². The van der Waals surface area contributed by atoms with E-state index in [2.05, 4.69) is 78.4 Å². The maximum atomic E-state index is 2.37. The van der Waals surface area contributed by atoms with Gasteiger partial charge < -0.3 is 0 Å². The molecular formula is C20H18N+. The second-order valence-corrected chi connectivity index (χ2v) is 5.77. The molecule has 4 rings (SSSR count). The minimum atomic E-state index is 1.08. The van der Waals surface area contributed by atoms with E-state index in [1.54, 1.807) is 0 Å². The molecule has 0 saturated carbocycles. The molecule has 1 aliphatic rings. The molecule has 21 heavy (non-hydrogen) atoms. The van der Waals surface area contributed by atoms with Gasteiger partial charge in [-0.05, 0) is 35.2 Å². The lowest BCUT2D eigenvalue weighted by atomic mass is 9.92. The highest BCUT2D eigenvalue weighted by molar-refractivity contribution is 5.73. The summed E-state index contributed by atoms with van der Waals surface area (Å²) in [6.07, 6.45) is 3.33. The largest absolute Gasteiger partial charge is 0.213 e. The number of hydrogen-bond donors (Lipinski definition) is 0. The van der Waals surface area contributed by atoms with Crippen LogP contribution in [0.3, 0.4) is 0 Å². The van der Waals surface area contributed by atoms with E-state index in [-0.39, 0.29) is 0 Å². The monoisotopic (exact) mass is 272 g/mol. The molecule has 3 aromatic rings. The smallest absolute Gasteiger partial charge is 0.198 e. The van der Waals surface area contributed by atoms with Gasteiger partial charge in [-0.15, -0.1) is 0 Å². The zero-order chi connectivity index (χ0) is 14.2. The zero-order valence-corrected chi connectivity index (χ0v) is 12.2. The maximum Gasteiger partial charge on any atom is 0.213 e. The molecule has 0 unspecified atom stereocenters. The van der Waals surface area contributed by atoms with Crippen molar-refractivity contribution < 1.29 is 4.57 Å². The van der Waals surface area contributed by atoms with E-state index in [0.717, 1.165) is 13.0 Å². The molecule has 2 heterocycles. The Kier molecular flexibility index (Phi) is 2.85. The molecule has 2 aromatic carbocycles. The number of aryl methyl sites for hydroxylation is 3. The first kappa shape index (κ1) is 12.3. The molecule has 0 N–H and O–H groups in total. The van der Waals surface area contributed by atoms with Gasteiger partial charge in [-0.25, -0.2) is 0 Å². The van der Waals surface area contributed by atoms with Crippen molar-refractivity contribution in [1.29, 1.82) is 0 Å². The summed E-state index contributed by atoms with van der Waals surface area (Å²) >= 11 is 0. The first-order valence-corrected chi connectivity index (χ1v) is 7.50. The Morgan fingerprint density at radius 3 is 2.57 bits per heavy atom. The van der Waals surface area contributed by atoms with Crippen molar-refractivity contribution in [3.8, 4) is 22.4 Å². The third kappa shape index (κ3) is 2.15. The quantitative estimate of drug-likeness (QED) is 0.585. The highest BCUT2D eigenvalue weighted by Gasteiger charge is 2.22. The van der Waals surface area contributed by atoms with Crippen LogP contribution >= 0.6 is 0 Å². The van der Waals surface area contributed by atoms with Crippen LogP contribution in [0, 0.1) is 6.92 Å². The second-order valence-electron chi connectivity index (χ2n) is 5.77. The Balaban J connectivity index is 1.90. The van der Waals surface area contributed by atoms with Gasteiger partial charge in [-0.1, -0.05) is 42.5 Å². The van der Waals surface area contributed by atoms with E-state index >= 15 is 0 Å². The molecule has 0 fully saturated rings. The lowest BCUT2D eigenvalue weighted by Gasteiger charge is -2.16. The first-order valence-electron chi connectivity index (χ1n) is 7.50. The highest BCUT2D eigenvalue weighted by Crippen LogP contribution is 2.30. The van der Waals surface area contributed by atoms with Gasteiger partial charge in [-0.3, -0.25) is 0 Å². The minimum absolute atomic E-state index is 1.08. The summed E-state index contributed by atoms with van der Waals surface area (Å²) in [5.41, 5.74) is 8.08. The highest BCUT2D eigenvalue weighted by atomic mass is 15.0. The molecule has 1 heteroatoms. The van der Waals surface area contributed by atoms with Crippen molar-refractivity contribution in [3.63, 3.8) is 0 Å². The third-order valence-corrected chi connectivity index (χ3v) is 4.31. The molecule has 0 atom stereocenters. The van der Waals surface area contributed by atoms with E-state index in [1.165, 1.54) is 33.5 Å². The summed E-state index contributed by atoms with van der Waals surface area (Å²) in [4.78, 5) is 0. The number of hydrogen-bond acceptors (Lipinski definition) is 0. The Morgan fingerprint density at radius 2 is 1.71 bits per heavy atom. The van der Waals surface area contributed by atoms with E-state index < -0.39 is 0 Å². The average Bonchev–Trinajstić information content (AvgIpc) is 2.55. The predicted octanol–water partition coefficient (Wildman–Crippen LogP) is 4.17. The Morgan fingerprint density at radius 1 is 0.857 bits per heavy atom. The van der Waals surface area contributed by atoms with Crippen LogP contribution in [0.15, 0.2) is 66.9 Å². The molecule has 0 amide bonds. The van der Waals surface area contributed by atoms with Crippen molar-refractivity contribution in [3.05, 3.63) is 78.0 Å². The summed E-state index contributed by atoms with van der Waals surface area (Å²) in [5.74, 6) is 0.